The molecule has 196 valence electrons. The number of hydrogen-bond donors (Lipinski definition) is 0. The Hall–Kier alpha value is -3.32. The van der Waals surface area contributed by atoms with E-state index in [0.29, 0.717) is 13.0 Å². The molecule has 0 atom stereocenters. The lowest BCUT2D eigenvalue weighted by Crippen LogP contribution is -2.27. The van der Waals surface area contributed by atoms with Crippen LogP contribution in [-0.4, -0.2) is 12.6 Å². The molecule has 1 aliphatic carbocycles. The van der Waals surface area contributed by atoms with Crippen LogP contribution in [0.1, 0.15) is 85.0 Å². The molecule has 0 N–H and O–H groups in total. The number of ether oxygens (including phenoxy) is 1. The molecule has 0 amide bonds. The van der Waals surface area contributed by atoms with Crippen LogP contribution < -0.4 is 4.90 Å². The van der Waals surface area contributed by atoms with E-state index in [9.17, 15) is 10.1 Å². The van der Waals surface area contributed by atoms with Gasteiger partial charge in [0.15, 0.2) is 0 Å². The predicted octanol–water partition coefficient (Wildman–Crippen LogP) is 9.03. The fourth-order valence-corrected chi connectivity index (χ4v) is 5.03. The highest BCUT2D eigenvalue weighted by molar-refractivity contribution is 5.94. The summed E-state index contributed by atoms with van der Waals surface area (Å²) in [6.45, 7) is 6.98. The van der Waals surface area contributed by atoms with Crippen LogP contribution in [0.4, 0.5) is 11.4 Å². The van der Waals surface area contributed by atoms with E-state index < -0.39 is 5.97 Å². The number of esters is 1. The minimum Gasteiger partial charge on any atom is -0.462 e. The van der Waals surface area contributed by atoms with Crippen molar-refractivity contribution >= 4 is 17.3 Å². The Morgan fingerprint density at radius 1 is 0.865 bits per heavy atom. The average molecular weight is 499 g/mol. The minimum atomic E-state index is -0.500. The van der Waals surface area contributed by atoms with E-state index >= 15 is 0 Å². The summed E-state index contributed by atoms with van der Waals surface area (Å²) in [5.41, 5.74) is 3.94. The number of anilines is 2. The molecule has 0 radical (unpaired) electrons. The molecule has 2 aromatic carbocycles. The Kier molecular flexibility index (Phi) is 11.0. The van der Waals surface area contributed by atoms with Crippen molar-refractivity contribution in [1.82, 2.24) is 0 Å². The summed E-state index contributed by atoms with van der Waals surface area (Å²) in [7, 11) is 0. The molecule has 0 bridgehead atoms. The monoisotopic (exact) mass is 498 g/mol. The summed E-state index contributed by atoms with van der Waals surface area (Å²) < 4.78 is 5.56. The second-order valence-corrected chi connectivity index (χ2v) is 10.8. The number of nitrogens with zero attached hydrogens (tertiary/aromatic N) is 2. The average Bonchev–Trinajstić information content (AvgIpc) is 2.89. The molecule has 0 spiro atoms. The maximum atomic E-state index is 13.0. The van der Waals surface area contributed by atoms with E-state index in [0.717, 1.165) is 41.9 Å². The third-order valence-electron chi connectivity index (χ3n) is 6.85. The second kappa shape index (κ2) is 14.4. The van der Waals surface area contributed by atoms with Crippen LogP contribution in [0.15, 0.2) is 83.6 Å². The number of carbonyl (C=O) groups is 1. The summed E-state index contributed by atoms with van der Waals surface area (Å²) in [6, 6.07) is 22.6. The normalized spacial score (nSPS) is 15.9. The van der Waals surface area contributed by atoms with Gasteiger partial charge in [0.25, 0.3) is 0 Å². The molecule has 0 aromatic heterocycles. The lowest BCUT2D eigenvalue weighted by atomic mass is 9.75. The Morgan fingerprint density at radius 3 is 1.95 bits per heavy atom. The molecule has 2 aromatic rings. The summed E-state index contributed by atoms with van der Waals surface area (Å²) in [4.78, 5) is 15.2. The quantitative estimate of drug-likeness (QED) is 0.120. The van der Waals surface area contributed by atoms with Gasteiger partial charge in [-0.3, -0.25) is 0 Å². The Bertz CT molecular complexity index is 1050. The van der Waals surface area contributed by atoms with E-state index in [1.807, 2.05) is 42.5 Å². The van der Waals surface area contributed by atoms with Gasteiger partial charge in [0, 0.05) is 17.1 Å². The van der Waals surface area contributed by atoms with Gasteiger partial charge < -0.3 is 9.64 Å². The van der Waals surface area contributed by atoms with Crippen molar-refractivity contribution in [3.05, 3.63) is 83.6 Å². The van der Waals surface area contributed by atoms with Crippen LogP contribution in [0, 0.1) is 16.7 Å². The molecule has 0 fully saturated rings. The zero-order valence-electron chi connectivity index (χ0n) is 22.8. The third-order valence-corrected chi connectivity index (χ3v) is 6.85. The van der Waals surface area contributed by atoms with Gasteiger partial charge in [0.1, 0.15) is 11.6 Å². The third kappa shape index (κ3) is 8.64. The van der Waals surface area contributed by atoms with Gasteiger partial charge >= 0.3 is 5.97 Å². The number of rotatable bonds is 13. The molecule has 0 saturated carbocycles. The van der Waals surface area contributed by atoms with Gasteiger partial charge in [0.2, 0.25) is 0 Å². The predicted molar refractivity (Wildman–Crippen MR) is 152 cm³/mol. The topological polar surface area (TPSA) is 53.3 Å². The smallest absolute Gasteiger partial charge is 0.349 e. The van der Waals surface area contributed by atoms with E-state index in [4.69, 9.17) is 4.74 Å². The molecule has 0 aliphatic heterocycles. The lowest BCUT2D eigenvalue weighted by molar-refractivity contribution is -0.138. The first-order chi connectivity index (χ1) is 17.9. The minimum absolute atomic E-state index is 0.110. The largest absolute Gasteiger partial charge is 0.462 e. The maximum Gasteiger partial charge on any atom is 0.349 e. The molecule has 4 nitrogen and oxygen atoms in total. The first-order valence-electron chi connectivity index (χ1n) is 13.9. The standard InChI is InChI=1S/C33H42N2O2/c1-4-5-6-7-8-9-10-17-22-37-32(36)31(26-34)27-23-30(25-33(2,3)24-27)35(28-18-13-11-14-19-28)29-20-15-12-16-21-29/h11-16,18-21,23H,4-10,17,22,24-25H2,1-3H3. The van der Waals surface area contributed by atoms with Crippen molar-refractivity contribution < 1.29 is 9.53 Å². The summed E-state index contributed by atoms with van der Waals surface area (Å²) in [5.74, 6) is -0.500. The van der Waals surface area contributed by atoms with Gasteiger partial charge in [-0.05, 0) is 60.6 Å². The zero-order valence-corrected chi connectivity index (χ0v) is 22.8. The molecular weight excluding hydrogens is 456 g/mol. The summed E-state index contributed by atoms with van der Waals surface area (Å²) in [6.07, 6.45) is 13.0. The van der Waals surface area contributed by atoms with Crippen LogP contribution in [0.3, 0.4) is 0 Å². The molecular formula is C33H42N2O2. The molecule has 3 rings (SSSR count). The number of para-hydroxylation sites is 2. The van der Waals surface area contributed by atoms with Gasteiger partial charge in [-0.1, -0.05) is 102 Å². The van der Waals surface area contributed by atoms with Crippen molar-refractivity contribution in [2.24, 2.45) is 5.41 Å². The first-order valence-corrected chi connectivity index (χ1v) is 13.9. The molecule has 4 heteroatoms. The lowest BCUT2D eigenvalue weighted by Gasteiger charge is -2.37. The van der Waals surface area contributed by atoms with Crippen LogP contribution in [0.2, 0.25) is 0 Å². The SMILES string of the molecule is CCCCCCCCCCOC(=O)C(C#N)=C1C=C(N(c2ccccc2)c2ccccc2)CC(C)(C)C1. The Morgan fingerprint density at radius 2 is 1.41 bits per heavy atom. The van der Waals surface area contributed by atoms with Crippen LogP contribution in [0.5, 0.6) is 0 Å². The van der Waals surface area contributed by atoms with Gasteiger partial charge in [0.05, 0.1) is 6.61 Å². The highest BCUT2D eigenvalue weighted by Crippen LogP contribution is 2.43. The van der Waals surface area contributed by atoms with Crippen molar-refractivity contribution in [3.8, 4) is 6.07 Å². The van der Waals surface area contributed by atoms with Gasteiger partial charge in [-0.2, -0.15) is 5.26 Å². The number of unbranched alkanes of at least 4 members (excludes halogenated alkanes) is 7. The van der Waals surface area contributed by atoms with Crippen LogP contribution >= 0.6 is 0 Å². The van der Waals surface area contributed by atoms with Crippen LogP contribution in [-0.2, 0) is 9.53 Å². The van der Waals surface area contributed by atoms with Crippen molar-refractivity contribution in [2.75, 3.05) is 11.5 Å². The van der Waals surface area contributed by atoms with E-state index in [-0.39, 0.29) is 11.0 Å². The molecule has 1 aliphatic rings. The summed E-state index contributed by atoms with van der Waals surface area (Å²) in [5, 5.41) is 9.97. The van der Waals surface area contributed by atoms with E-state index in [1.165, 1.54) is 38.5 Å². The molecule has 0 heterocycles. The van der Waals surface area contributed by atoms with Crippen molar-refractivity contribution in [3.63, 3.8) is 0 Å². The second-order valence-electron chi connectivity index (χ2n) is 10.8. The number of allylic oxidation sites excluding steroid dienone is 3. The first kappa shape index (κ1) is 28.3. The van der Waals surface area contributed by atoms with Crippen molar-refractivity contribution in [1.29, 1.82) is 5.26 Å². The number of carbonyl (C=O) groups excluding carboxylic acids is 1. The van der Waals surface area contributed by atoms with E-state index in [1.54, 1.807) is 0 Å². The molecule has 37 heavy (non-hydrogen) atoms. The Labute approximate surface area is 223 Å². The molecule has 0 saturated heterocycles. The molecule has 0 unspecified atom stereocenters. The fourth-order valence-electron chi connectivity index (χ4n) is 5.03. The fraction of sp³-hybridized carbons (Fsp3) is 0.455. The number of nitriles is 1. The highest BCUT2D eigenvalue weighted by Gasteiger charge is 2.32. The maximum absolute atomic E-state index is 13.0. The summed E-state index contributed by atoms with van der Waals surface area (Å²) >= 11 is 0. The van der Waals surface area contributed by atoms with Crippen molar-refractivity contribution in [2.45, 2.75) is 85.0 Å². The van der Waals surface area contributed by atoms with Gasteiger partial charge in [-0.15, -0.1) is 0 Å². The number of hydrogen-bond acceptors (Lipinski definition) is 4. The van der Waals surface area contributed by atoms with Gasteiger partial charge in [-0.25, -0.2) is 4.79 Å². The number of benzene rings is 2. The van der Waals surface area contributed by atoms with Crippen LogP contribution in [0.25, 0.3) is 0 Å². The Balaban J connectivity index is 1.77. The zero-order chi connectivity index (χ0) is 26.5. The highest BCUT2D eigenvalue weighted by atomic mass is 16.5. The van der Waals surface area contributed by atoms with E-state index in [2.05, 4.69) is 56.0 Å².